The first-order valence-electron chi connectivity index (χ1n) is 9.94. The molecule has 1 amide bonds. The number of nitrogens with one attached hydrogen (secondary N) is 1. The molecule has 0 spiro atoms. The van der Waals surface area contributed by atoms with E-state index < -0.39 is 10.0 Å². The molecule has 1 aliphatic heterocycles. The van der Waals surface area contributed by atoms with E-state index >= 15 is 0 Å². The van der Waals surface area contributed by atoms with Gasteiger partial charge in [-0.1, -0.05) is 24.1 Å². The monoisotopic (exact) mass is 416 g/mol. The maximum Gasteiger partial charge on any atom is 0.251 e. The fourth-order valence-corrected chi connectivity index (χ4v) is 5.07. The third kappa shape index (κ3) is 5.16. The van der Waals surface area contributed by atoms with E-state index in [4.69, 9.17) is 4.74 Å². The van der Waals surface area contributed by atoms with Gasteiger partial charge in [-0.25, -0.2) is 8.42 Å². The lowest BCUT2D eigenvalue weighted by molar-refractivity contribution is 0.0954. The standard InChI is InChI=1S/C22H28N2O4S/c1-17-6-11-21(28-2)19(16-17)12-13-23-22(25)18-7-9-20(10-8-18)29(26,27)24-14-4-3-5-15-24/h6-11,16H,3-5,12-15H2,1-2H3,(H,23,25). The number of aryl methyl sites for hydroxylation is 1. The van der Waals surface area contributed by atoms with Crippen molar-refractivity contribution in [3.63, 3.8) is 0 Å². The molecular weight excluding hydrogens is 388 g/mol. The van der Waals surface area contributed by atoms with E-state index in [-0.39, 0.29) is 10.8 Å². The molecule has 0 unspecified atom stereocenters. The van der Waals surface area contributed by atoms with Crippen molar-refractivity contribution < 1.29 is 17.9 Å². The number of nitrogens with zero attached hydrogens (tertiary/aromatic N) is 1. The minimum atomic E-state index is -3.48. The van der Waals surface area contributed by atoms with E-state index in [0.29, 0.717) is 31.6 Å². The molecule has 0 aliphatic carbocycles. The van der Waals surface area contributed by atoms with Crippen LogP contribution in [-0.2, 0) is 16.4 Å². The highest BCUT2D eigenvalue weighted by atomic mass is 32.2. The molecule has 29 heavy (non-hydrogen) atoms. The first-order valence-corrected chi connectivity index (χ1v) is 11.4. The molecule has 0 saturated carbocycles. The Balaban J connectivity index is 1.60. The lowest BCUT2D eigenvalue weighted by Crippen LogP contribution is -2.35. The number of sulfonamides is 1. The van der Waals surface area contributed by atoms with Crippen molar-refractivity contribution >= 4 is 15.9 Å². The summed E-state index contributed by atoms with van der Waals surface area (Å²) in [5.41, 5.74) is 2.62. The third-order valence-corrected chi connectivity index (χ3v) is 7.10. The van der Waals surface area contributed by atoms with Crippen LogP contribution in [0.4, 0.5) is 0 Å². The van der Waals surface area contributed by atoms with Crippen LogP contribution in [0, 0.1) is 6.92 Å². The zero-order chi connectivity index (χ0) is 20.9. The Morgan fingerprint density at radius 1 is 1.07 bits per heavy atom. The molecule has 1 heterocycles. The molecular formula is C22H28N2O4S. The molecule has 0 radical (unpaired) electrons. The number of hydrogen-bond donors (Lipinski definition) is 1. The van der Waals surface area contributed by atoms with Gasteiger partial charge < -0.3 is 10.1 Å². The van der Waals surface area contributed by atoms with E-state index in [0.717, 1.165) is 36.1 Å². The van der Waals surface area contributed by atoms with Gasteiger partial charge in [-0.05, 0) is 62.1 Å². The summed E-state index contributed by atoms with van der Waals surface area (Å²) in [7, 11) is -1.85. The van der Waals surface area contributed by atoms with Crippen LogP contribution in [0.3, 0.4) is 0 Å². The van der Waals surface area contributed by atoms with Crippen molar-refractivity contribution in [2.75, 3.05) is 26.7 Å². The lowest BCUT2D eigenvalue weighted by Gasteiger charge is -2.25. The summed E-state index contributed by atoms with van der Waals surface area (Å²) in [5.74, 6) is 0.579. The quantitative estimate of drug-likeness (QED) is 0.752. The highest BCUT2D eigenvalue weighted by molar-refractivity contribution is 7.89. The molecule has 6 nitrogen and oxygen atoms in total. The summed E-state index contributed by atoms with van der Waals surface area (Å²) in [5, 5.41) is 2.89. The number of amides is 1. The SMILES string of the molecule is COc1ccc(C)cc1CCNC(=O)c1ccc(S(=O)(=O)N2CCCCC2)cc1. The van der Waals surface area contributed by atoms with Gasteiger partial charge in [0.1, 0.15) is 5.75 Å². The fraction of sp³-hybridized carbons (Fsp3) is 0.409. The van der Waals surface area contributed by atoms with Gasteiger partial charge in [0, 0.05) is 25.2 Å². The molecule has 0 bridgehead atoms. The van der Waals surface area contributed by atoms with Gasteiger partial charge >= 0.3 is 0 Å². The maximum absolute atomic E-state index is 12.7. The van der Waals surface area contributed by atoms with Gasteiger partial charge in [-0.15, -0.1) is 0 Å². The Morgan fingerprint density at radius 3 is 2.41 bits per heavy atom. The predicted molar refractivity (Wildman–Crippen MR) is 113 cm³/mol. The summed E-state index contributed by atoms with van der Waals surface area (Å²) in [6, 6.07) is 12.1. The number of ether oxygens (including phenoxy) is 1. The van der Waals surface area contributed by atoms with Gasteiger partial charge in [-0.3, -0.25) is 4.79 Å². The normalized spacial score (nSPS) is 15.1. The van der Waals surface area contributed by atoms with Crippen LogP contribution in [0.25, 0.3) is 0 Å². The highest BCUT2D eigenvalue weighted by Gasteiger charge is 2.25. The molecule has 0 aromatic heterocycles. The topological polar surface area (TPSA) is 75.7 Å². The number of benzene rings is 2. The first kappa shape index (κ1) is 21.3. The summed E-state index contributed by atoms with van der Waals surface area (Å²) >= 11 is 0. The van der Waals surface area contributed by atoms with E-state index in [1.165, 1.54) is 16.4 Å². The van der Waals surface area contributed by atoms with Crippen LogP contribution >= 0.6 is 0 Å². The Bertz CT molecular complexity index is 949. The fourth-order valence-electron chi connectivity index (χ4n) is 3.55. The van der Waals surface area contributed by atoms with Crippen molar-refractivity contribution in [3.05, 3.63) is 59.2 Å². The average molecular weight is 417 g/mol. The van der Waals surface area contributed by atoms with Gasteiger partial charge in [-0.2, -0.15) is 4.31 Å². The summed E-state index contributed by atoms with van der Waals surface area (Å²) in [4.78, 5) is 12.7. The second-order valence-corrected chi connectivity index (χ2v) is 9.25. The minimum Gasteiger partial charge on any atom is -0.496 e. The Kier molecular flexibility index (Phi) is 6.92. The van der Waals surface area contributed by atoms with Crippen LogP contribution in [0.15, 0.2) is 47.4 Å². The largest absolute Gasteiger partial charge is 0.496 e. The van der Waals surface area contributed by atoms with E-state index in [1.54, 1.807) is 19.2 Å². The van der Waals surface area contributed by atoms with Crippen molar-refractivity contribution in [1.82, 2.24) is 9.62 Å². The van der Waals surface area contributed by atoms with Gasteiger partial charge in [0.05, 0.1) is 12.0 Å². The zero-order valence-corrected chi connectivity index (χ0v) is 17.8. The second-order valence-electron chi connectivity index (χ2n) is 7.31. The number of rotatable bonds is 7. The van der Waals surface area contributed by atoms with Crippen molar-refractivity contribution in [2.24, 2.45) is 0 Å². The van der Waals surface area contributed by atoms with Crippen LogP contribution in [0.2, 0.25) is 0 Å². The van der Waals surface area contributed by atoms with Crippen LogP contribution < -0.4 is 10.1 Å². The zero-order valence-electron chi connectivity index (χ0n) is 17.0. The molecule has 1 saturated heterocycles. The third-order valence-electron chi connectivity index (χ3n) is 5.19. The minimum absolute atomic E-state index is 0.224. The number of piperidine rings is 1. The number of carbonyl (C=O) groups is 1. The van der Waals surface area contributed by atoms with E-state index in [2.05, 4.69) is 5.32 Å². The molecule has 1 fully saturated rings. The first-order chi connectivity index (χ1) is 13.9. The highest BCUT2D eigenvalue weighted by Crippen LogP contribution is 2.21. The molecule has 2 aromatic rings. The van der Waals surface area contributed by atoms with Crippen molar-refractivity contribution in [2.45, 2.75) is 37.5 Å². The van der Waals surface area contributed by atoms with Crippen LogP contribution in [0.5, 0.6) is 5.75 Å². The molecule has 2 aromatic carbocycles. The van der Waals surface area contributed by atoms with Gasteiger partial charge in [0.15, 0.2) is 0 Å². The van der Waals surface area contributed by atoms with Gasteiger partial charge in [0.25, 0.3) is 5.91 Å². The van der Waals surface area contributed by atoms with Crippen LogP contribution in [0.1, 0.15) is 40.7 Å². The smallest absolute Gasteiger partial charge is 0.251 e. The molecule has 3 rings (SSSR count). The van der Waals surface area contributed by atoms with Crippen LogP contribution in [-0.4, -0.2) is 45.4 Å². The van der Waals surface area contributed by atoms with Gasteiger partial charge in [0.2, 0.25) is 10.0 Å². The molecule has 1 aliphatic rings. The molecule has 7 heteroatoms. The number of methoxy groups -OCH3 is 1. The number of hydrogen-bond acceptors (Lipinski definition) is 4. The number of carbonyl (C=O) groups excluding carboxylic acids is 1. The van der Waals surface area contributed by atoms with E-state index in [9.17, 15) is 13.2 Å². The maximum atomic E-state index is 12.7. The molecule has 156 valence electrons. The Morgan fingerprint density at radius 2 is 1.76 bits per heavy atom. The predicted octanol–water partition coefficient (Wildman–Crippen LogP) is 3.15. The summed E-state index contributed by atoms with van der Waals surface area (Å²) < 4.78 is 32.3. The lowest BCUT2D eigenvalue weighted by atomic mass is 10.1. The Labute approximate surface area is 172 Å². The van der Waals surface area contributed by atoms with Crippen molar-refractivity contribution in [1.29, 1.82) is 0 Å². The summed E-state index contributed by atoms with van der Waals surface area (Å²) in [6.45, 7) is 3.60. The molecule has 1 N–H and O–H groups in total. The Hall–Kier alpha value is -2.38. The summed E-state index contributed by atoms with van der Waals surface area (Å²) in [6.07, 6.45) is 3.51. The average Bonchev–Trinajstić information content (AvgIpc) is 2.74. The van der Waals surface area contributed by atoms with E-state index in [1.807, 2.05) is 25.1 Å². The second kappa shape index (κ2) is 9.41. The molecule has 0 atom stereocenters. The van der Waals surface area contributed by atoms with Crippen molar-refractivity contribution in [3.8, 4) is 5.75 Å².